The van der Waals surface area contributed by atoms with Crippen molar-refractivity contribution in [1.82, 2.24) is 4.98 Å². The SMILES string of the molecule is CO[C@@H]1C(C)=CC=CC[C@@H]([C@](C)(O)C=C(C)Cc2csc([C@]3(C)O[C@@H]3C)n2)OC(=O)[C@@](C)(OC(=O)[C@H](C)[C@H](C)O)[C@@H](C)C[C@H](C)C[C@H](O)[C@@H](C)C(=O)[C@@H](C)C=CC[C@H](C)[C@@H](O)[C@@H]1O. The number of ketones is 1. The summed E-state index contributed by atoms with van der Waals surface area (Å²) in [5.41, 5.74) is -1.93. The molecular formula is C49H77NO12S. The lowest BCUT2D eigenvalue weighted by Gasteiger charge is -2.38. The van der Waals surface area contributed by atoms with Gasteiger partial charge in [-0.2, -0.15) is 0 Å². The molecule has 1 aromatic heterocycles. The third kappa shape index (κ3) is 14.2. The lowest BCUT2D eigenvalue weighted by Crippen LogP contribution is -2.52. The number of hydrogen-bond acceptors (Lipinski definition) is 14. The number of aromatic nitrogens is 1. The number of aliphatic hydroxyl groups excluding tert-OH is 4. The van der Waals surface area contributed by atoms with Crippen LogP contribution in [0, 0.1) is 35.5 Å². The molecule has 1 saturated heterocycles. The summed E-state index contributed by atoms with van der Waals surface area (Å²) in [5.74, 6) is -5.44. The second-order valence-corrected chi connectivity index (χ2v) is 20.1. The highest BCUT2D eigenvalue weighted by atomic mass is 32.1. The average Bonchev–Trinajstić information content (AvgIpc) is 3.56. The summed E-state index contributed by atoms with van der Waals surface area (Å²) >= 11 is 1.51. The molecule has 0 radical (unpaired) electrons. The summed E-state index contributed by atoms with van der Waals surface area (Å²) in [6.45, 7) is 22.4. The van der Waals surface area contributed by atoms with Crippen molar-refractivity contribution in [3.8, 4) is 0 Å². The van der Waals surface area contributed by atoms with Gasteiger partial charge >= 0.3 is 11.9 Å². The number of carbonyl (C=O) groups excluding carboxylic acids is 3. The monoisotopic (exact) mass is 904 g/mol. The van der Waals surface area contributed by atoms with Crippen LogP contribution in [0.2, 0.25) is 0 Å². The third-order valence-electron chi connectivity index (χ3n) is 13.4. The molecule has 5 N–H and O–H groups in total. The first-order valence-corrected chi connectivity index (χ1v) is 23.3. The van der Waals surface area contributed by atoms with Gasteiger partial charge in [-0.3, -0.25) is 9.59 Å². The molecule has 0 spiro atoms. The lowest BCUT2D eigenvalue weighted by molar-refractivity contribution is -0.200. The van der Waals surface area contributed by atoms with Gasteiger partial charge in [-0.15, -0.1) is 11.3 Å². The van der Waals surface area contributed by atoms with Crippen molar-refractivity contribution in [2.24, 2.45) is 35.5 Å². The van der Waals surface area contributed by atoms with Crippen LogP contribution in [-0.4, -0.2) is 109 Å². The van der Waals surface area contributed by atoms with Gasteiger partial charge < -0.3 is 44.5 Å². The summed E-state index contributed by atoms with van der Waals surface area (Å²) in [6, 6.07) is 0. The van der Waals surface area contributed by atoms with Gasteiger partial charge in [0.15, 0.2) is 0 Å². The maximum absolute atomic E-state index is 14.7. The second kappa shape index (κ2) is 22.9. The van der Waals surface area contributed by atoms with Gasteiger partial charge in [0.1, 0.15) is 40.3 Å². The Balaban J connectivity index is 2.10. The fourth-order valence-electron chi connectivity index (χ4n) is 8.10. The molecule has 2 aliphatic heterocycles. The number of ether oxygens (including phenoxy) is 4. The van der Waals surface area contributed by atoms with Crippen LogP contribution in [0.1, 0.15) is 126 Å². The predicted molar refractivity (Wildman–Crippen MR) is 243 cm³/mol. The highest BCUT2D eigenvalue weighted by Gasteiger charge is 2.53. The van der Waals surface area contributed by atoms with E-state index in [9.17, 15) is 39.9 Å². The molecular weight excluding hydrogens is 827 g/mol. The van der Waals surface area contributed by atoms with Gasteiger partial charge in [0.2, 0.25) is 5.60 Å². The number of methoxy groups -OCH3 is 1. The molecule has 1 aromatic rings. The van der Waals surface area contributed by atoms with Gasteiger partial charge in [0.05, 0.1) is 36.0 Å². The van der Waals surface area contributed by atoms with E-state index in [2.05, 4.69) is 0 Å². The standard InChI is InChI=1S/C49H77NO12S/c1-27-22-32(6)48(12,62-44(56)33(7)35(9)51)46(57)60-39(47(11,58)25-28(2)23-37-26-63-45(50-37)49(13)36(10)61-49)21-16-15-18-31(5)43(59-14)42(55)41(54)30(4)20-17-19-29(3)40(53)34(8)38(52)24-27/h15-19,25-27,29-30,32-36,38-39,41-43,51-52,54-55,58H,20-24H2,1-14H3/t27-,29-,30-,32-,33+,34+,35-,36+,38-,39-,41+,42-,43+,47+,48-,49+/m0/s1. The molecule has 356 valence electrons. The lowest BCUT2D eigenvalue weighted by atomic mass is 9.79. The van der Waals surface area contributed by atoms with Crippen molar-refractivity contribution in [3.05, 3.63) is 63.7 Å². The van der Waals surface area contributed by atoms with E-state index in [0.717, 1.165) is 16.3 Å². The Bertz CT molecular complexity index is 1820. The molecule has 13 nitrogen and oxygen atoms in total. The Labute approximate surface area is 379 Å². The number of allylic oxidation sites excluding steroid dienone is 5. The first kappa shape index (κ1) is 54.3. The largest absolute Gasteiger partial charge is 0.456 e. The zero-order chi connectivity index (χ0) is 47.8. The van der Waals surface area contributed by atoms with Crippen LogP contribution in [0.3, 0.4) is 0 Å². The zero-order valence-electron chi connectivity index (χ0n) is 40.0. The van der Waals surface area contributed by atoms with E-state index < -0.39 is 89.0 Å². The van der Waals surface area contributed by atoms with Crippen LogP contribution < -0.4 is 0 Å². The van der Waals surface area contributed by atoms with E-state index in [1.165, 1.54) is 46.1 Å². The Morgan fingerprint density at radius 2 is 1.68 bits per heavy atom. The highest BCUT2D eigenvalue weighted by Crippen LogP contribution is 2.46. The van der Waals surface area contributed by atoms with Crippen molar-refractivity contribution in [2.75, 3.05) is 7.11 Å². The summed E-state index contributed by atoms with van der Waals surface area (Å²) in [5, 5.41) is 59.0. The number of nitrogens with zero attached hydrogens (tertiary/aromatic N) is 1. The Morgan fingerprint density at radius 3 is 2.27 bits per heavy atom. The summed E-state index contributed by atoms with van der Waals surface area (Å²) in [4.78, 5) is 46.4. The van der Waals surface area contributed by atoms with Crippen molar-refractivity contribution < 1.29 is 58.9 Å². The number of esters is 2. The topological polar surface area (TPSA) is 205 Å². The van der Waals surface area contributed by atoms with E-state index in [-0.39, 0.29) is 43.0 Å². The Kier molecular flexibility index (Phi) is 19.7. The van der Waals surface area contributed by atoms with Crippen LogP contribution in [0.15, 0.2) is 53.0 Å². The van der Waals surface area contributed by atoms with Crippen LogP contribution in [0.25, 0.3) is 0 Å². The highest BCUT2D eigenvalue weighted by molar-refractivity contribution is 7.09. The third-order valence-corrected chi connectivity index (χ3v) is 14.5. The van der Waals surface area contributed by atoms with Gasteiger partial charge in [-0.05, 0) is 92.1 Å². The number of thiazole rings is 1. The quantitative estimate of drug-likeness (QED) is 0.0993. The molecule has 0 amide bonds. The van der Waals surface area contributed by atoms with E-state index in [0.29, 0.717) is 18.4 Å². The number of hydrogen-bond donors (Lipinski definition) is 5. The van der Waals surface area contributed by atoms with Crippen LogP contribution in [0.5, 0.6) is 0 Å². The second-order valence-electron chi connectivity index (χ2n) is 19.2. The average molecular weight is 904 g/mol. The van der Waals surface area contributed by atoms with Gasteiger partial charge in [0.25, 0.3) is 0 Å². The molecule has 0 aliphatic carbocycles. The minimum atomic E-state index is -1.91. The van der Waals surface area contributed by atoms with E-state index in [4.69, 9.17) is 23.9 Å². The maximum Gasteiger partial charge on any atom is 0.350 e. The van der Waals surface area contributed by atoms with Crippen molar-refractivity contribution >= 4 is 29.1 Å². The predicted octanol–water partition coefficient (Wildman–Crippen LogP) is 6.73. The molecule has 1 fully saturated rings. The molecule has 0 bridgehead atoms. The fraction of sp³-hybridized carbons (Fsp3) is 0.714. The molecule has 3 heterocycles. The van der Waals surface area contributed by atoms with Crippen molar-refractivity contribution in [1.29, 1.82) is 0 Å². The number of rotatable bonds is 9. The smallest absolute Gasteiger partial charge is 0.350 e. The molecule has 63 heavy (non-hydrogen) atoms. The van der Waals surface area contributed by atoms with Crippen LogP contribution >= 0.6 is 11.3 Å². The molecule has 0 aromatic carbocycles. The normalized spacial score (nSPS) is 36.9. The van der Waals surface area contributed by atoms with Crippen molar-refractivity contribution in [3.63, 3.8) is 0 Å². The molecule has 0 unspecified atom stereocenters. The van der Waals surface area contributed by atoms with Gasteiger partial charge in [0, 0.05) is 43.1 Å². The van der Waals surface area contributed by atoms with Crippen molar-refractivity contribution in [2.45, 2.75) is 182 Å². The van der Waals surface area contributed by atoms with Crippen LogP contribution in [0.4, 0.5) is 0 Å². The Hall–Kier alpha value is -3.08. The molecule has 16 atom stereocenters. The number of aliphatic hydroxyl groups is 5. The fourth-order valence-corrected chi connectivity index (χ4v) is 9.10. The zero-order valence-corrected chi connectivity index (χ0v) is 40.8. The Morgan fingerprint density at radius 1 is 1.05 bits per heavy atom. The summed E-state index contributed by atoms with van der Waals surface area (Å²) < 4.78 is 23.6. The maximum atomic E-state index is 14.7. The minimum Gasteiger partial charge on any atom is -0.456 e. The van der Waals surface area contributed by atoms with E-state index >= 15 is 0 Å². The van der Waals surface area contributed by atoms with Gasteiger partial charge in [-0.1, -0.05) is 76.6 Å². The van der Waals surface area contributed by atoms with Crippen LogP contribution in [-0.2, 0) is 45.4 Å². The number of cyclic esters (lactones) is 1. The molecule has 2 aliphatic rings. The number of epoxide rings is 1. The summed E-state index contributed by atoms with van der Waals surface area (Å²) in [7, 11) is 1.44. The molecule has 3 rings (SSSR count). The number of Topliss-reactive ketones (excluding diaryl/α,β-unsaturated/α-hetero) is 1. The van der Waals surface area contributed by atoms with E-state index in [1.54, 1.807) is 71.1 Å². The first-order chi connectivity index (χ1) is 29.2. The van der Waals surface area contributed by atoms with E-state index in [1.807, 2.05) is 33.1 Å². The molecule has 0 saturated carbocycles. The molecule has 14 heteroatoms. The number of carbonyl (C=O) groups is 3. The summed E-state index contributed by atoms with van der Waals surface area (Å²) in [6.07, 6.45) is 5.02. The van der Waals surface area contributed by atoms with Gasteiger partial charge in [-0.25, -0.2) is 9.78 Å². The minimum absolute atomic E-state index is 0.00233. The first-order valence-electron chi connectivity index (χ1n) is 22.5.